The Bertz CT molecular complexity index is 3910. The number of guanidine groups is 1. The number of fused-ring (bicyclic) bond motifs is 1. The van der Waals surface area contributed by atoms with E-state index < -0.39 is 132 Å². The van der Waals surface area contributed by atoms with Crippen LogP contribution in [0.15, 0.2) is 121 Å². The number of carbonyl (C=O) groups excluding carboxylic acids is 11. The first-order chi connectivity index (χ1) is 48.1. The number of phenols is 1. The number of para-hydroxylation sites is 1. The van der Waals surface area contributed by atoms with Crippen LogP contribution in [-0.2, 0) is 84.8 Å². The molecule has 1 aliphatic rings. The van der Waals surface area contributed by atoms with E-state index in [0.29, 0.717) is 55.3 Å². The zero-order valence-corrected chi connectivity index (χ0v) is 57.8. The molecule has 2 aromatic heterocycles. The summed E-state index contributed by atoms with van der Waals surface area (Å²) in [6, 6.07) is 11.1. The first-order valence-corrected chi connectivity index (χ1v) is 33.6. The van der Waals surface area contributed by atoms with Crippen LogP contribution in [0.25, 0.3) is 10.9 Å². The van der Waals surface area contributed by atoms with Gasteiger partial charge >= 0.3 is 0 Å². The van der Waals surface area contributed by atoms with Crippen molar-refractivity contribution in [1.29, 1.82) is 0 Å². The highest BCUT2D eigenvalue weighted by molar-refractivity contribution is 6.30. The molecule has 1 saturated heterocycles. The van der Waals surface area contributed by atoms with Crippen molar-refractivity contribution in [1.82, 2.24) is 62.0 Å². The Balaban J connectivity index is 1.16. The molecule has 30 nitrogen and oxygen atoms in total. The number of amides is 11. The van der Waals surface area contributed by atoms with E-state index >= 15 is 4.79 Å². The van der Waals surface area contributed by atoms with E-state index in [1.165, 1.54) is 48.6 Å². The summed E-state index contributed by atoms with van der Waals surface area (Å²) in [5.74, 6) is -10.3. The third-order valence-electron chi connectivity index (χ3n) is 16.9. The summed E-state index contributed by atoms with van der Waals surface area (Å²) < 4.78 is 0. The second-order valence-electron chi connectivity index (χ2n) is 25.2. The first kappa shape index (κ1) is 77.9. The Labute approximate surface area is 592 Å². The van der Waals surface area contributed by atoms with E-state index in [9.17, 15) is 58.2 Å². The molecule has 11 amide bonds. The number of nitrogens with zero attached hydrogens (tertiary/aromatic N) is 4. The molecular weight excluding hydrogens is 1350 g/mol. The highest BCUT2D eigenvalue weighted by Crippen LogP contribution is 2.24. The van der Waals surface area contributed by atoms with Crippen LogP contribution >= 0.6 is 23.2 Å². The molecule has 0 spiro atoms. The SMILES string of the molecule is CC(=O)N(C(=O)[C@@H](N)Cc1ccc(Cl)cc1)[C@@H](Cc1ccc(Cl)cc1)C(=O)N[C@H](Cc1c[nH]c2ccccc12)C(=O)N[C@@H](CO)C(=O)N[C@@H](Cc1ccc(O)cc1)C(=O)N[C@H](Cc1cnc[nH]1)C(=O)N[C@@H](CC(C)C)C(=O)N[C@@H](CCCN=C(N)N)C(=O)N1CCC[C@H]1C(=O)N[C@H](C)C(N)=O. The van der Waals surface area contributed by atoms with Gasteiger partial charge in [0, 0.05) is 84.7 Å². The number of aliphatic hydroxyl groups excluding tert-OH is 1. The number of aliphatic hydroxyl groups is 1. The third kappa shape index (κ3) is 22.8. The zero-order valence-electron chi connectivity index (χ0n) is 56.3. The molecule has 0 aliphatic carbocycles. The van der Waals surface area contributed by atoms with E-state index in [2.05, 4.69) is 57.2 Å². The van der Waals surface area contributed by atoms with Gasteiger partial charge in [-0.15, -0.1) is 0 Å². The number of aromatic hydroxyl groups is 1. The van der Waals surface area contributed by atoms with Crippen LogP contribution < -0.4 is 60.2 Å². The minimum absolute atomic E-state index is 0.00184. The molecule has 0 unspecified atom stereocenters. The lowest BCUT2D eigenvalue weighted by atomic mass is 9.99. The number of nitrogens with one attached hydrogen (secondary N) is 9. The number of aromatic amines is 2. The number of imide groups is 1. The van der Waals surface area contributed by atoms with Gasteiger partial charge in [-0.2, -0.15) is 0 Å². The predicted molar refractivity (Wildman–Crippen MR) is 375 cm³/mol. The molecule has 3 heterocycles. The fourth-order valence-electron chi connectivity index (χ4n) is 11.6. The molecule has 540 valence electrons. The molecule has 7 rings (SSSR count). The van der Waals surface area contributed by atoms with E-state index in [-0.39, 0.29) is 88.5 Å². The number of halogens is 2. The van der Waals surface area contributed by atoms with Crippen LogP contribution in [0.2, 0.25) is 10.0 Å². The van der Waals surface area contributed by atoms with Gasteiger partial charge in [-0.25, -0.2) is 4.98 Å². The molecule has 0 bridgehead atoms. The zero-order chi connectivity index (χ0) is 73.6. The summed E-state index contributed by atoms with van der Waals surface area (Å²) in [5.41, 5.74) is 26.0. The van der Waals surface area contributed by atoms with Gasteiger partial charge in [-0.1, -0.05) is 91.6 Å². The minimum Gasteiger partial charge on any atom is -0.508 e. The number of imidazole rings is 1. The first-order valence-electron chi connectivity index (χ1n) is 32.9. The van der Waals surface area contributed by atoms with Gasteiger partial charge in [-0.3, -0.25) is 62.6 Å². The molecule has 19 N–H and O–H groups in total. The maximum absolute atomic E-state index is 15.1. The largest absolute Gasteiger partial charge is 0.508 e. The van der Waals surface area contributed by atoms with Gasteiger partial charge in [0.25, 0.3) is 0 Å². The number of aromatic nitrogens is 3. The van der Waals surface area contributed by atoms with Crippen molar-refractivity contribution in [2.45, 2.75) is 152 Å². The number of benzene rings is 4. The monoisotopic (exact) mass is 1430 g/mol. The maximum atomic E-state index is 15.1. The van der Waals surface area contributed by atoms with Crippen molar-refractivity contribution >= 4 is 105 Å². The summed E-state index contributed by atoms with van der Waals surface area (Å²) in [4.78, 5) is 173. The topological polar surface area (TPSA) is 480 Å². The Morgan fingerprint density at radius 2 is 1.19 bits per heavy atom. The Morgan fingerprint density at radius 3 is 1.77 bits per heavy atom. The number of rotatable bonds is 35. The average molecular weight is 1430 g/mol. The van der Waals surface area contributed by atoms with Gasteiger partial charge in [0.15, 0.2) is 5.96 Å². The lowest BCUT2D eigenvalue weighted by Gasteiger charge is -2.32. The number of H-pyrrole nitrogens is 2. The van der Waals surface area contributed by atoms with Crippen LogP contribution in [0.1, 0.15) is 87.7 Å². The van der Waals surface area contributed by atoms with Gasteiger partial charge in [-0.05, 0) is 116 Å². The Kier molecular flexibility index (Phi) is 28.6. The van der Waals surface area contributed by atoms with Crippen molar-refractivity contribution in [3.63, 3.8) is 0 Å². The summed E-state index contributed by atoms with van der Waals surface area (Å²) in [5, 5.41) is 41.2. The van der Waals surface area contributed by atoms with Crippen molar-refractivity contribution < 1.29 is 63.0 Å². The molecule has 1 fully saturated rings. The lowest BCUT2D eigenvalue weighted by molar-refractivity contribution is -0.152. The number of likely N-dealkylation sites (tertiary alicyclic amines) is 1. The Hall–Kier alpha value is -10.4. The van der Waals surface area contributed by atoms with Crippen molar-refractivity contribution in [3.8, 4) is 5.75 Å². The van der Waals surface area contributed by atoms with E-state index in [0.717, 1.165) is 11.8 Å². The van der Waals surface area contributed by atoms with E-state index in [1.54, 1.807) is 92.8 Å². The van der Waals surface area contributed by atoms with Crippen LogP contribution in [0.4, 0.5) is 0 Å². The Morgan fingerprint density at radius 1 is 0.653 bits per heavy atom. The number of hydrogen-bond donors (Lipinski definition) is 15. The fourth-order valence-corrected chi connectivity index (χ4v) is 11.9. The lowest BCUT2D eigenvalue weighted by Crippen LogP contribution is -2.62. The van der Waals surface area contributed by atoms with Crippen LogP contribution in [0, 0.1) is 5.92 Å². The molecule has 10 atom stereocenters. The molecule has 0 saturated carbocycles. The minimum atomic E-state index is -1.87. The predicted octanol–water partition coefficient (Wildman–Crippen LogP) is 0.469. The summed E-state index contributed by atoms with van der Waals surface area (Å²) in [7, 11) is 0. The molecule has 1 aliphatic heterocycles. The van der Waals surface area contributed by atoms with Gasteiger partial charge < -0.3 is 85.2 Å². The van der Waals surface area contributed by atoms with Gasteiger partial charge in [0.1, 0.15) is 60.1 Å². The van der Waals surface area contributed by atoms with Gasteiger partial charge in [0.2, 0.25) is 65.0 Å². The molecular formula is C69H87Cl2N17O13. The van der Waals surface area contributed by atoms with Crippen molar-refractivity contribution in [2.24, 2.45) is 33.8 Å². The maximum Gasteiger partial charge on any atom is 0.247 e. The van der Waals surface area contributed by atoms with Crippen LogP contribution in [-0.4, -0.2) is 186 Å². The standard InChI is InChI=1S/C69H87Cl2N17O13/c1-37(2)27-52(60(93)81-51(11-7-25-77-69(74)75)68(101)87-26-8-12-57(87)65(98)80-38(3)59(73)92)82-63(96)55(32-46-34-76-36-79-46)84-61(94)53(29-41-17-23-47(91)24-18-41)83-64(97)56(35-89)86-62(95)54(31-43-33-78-50-10-6-5-9-48(43)50)85-66(99)58(30-42-15-21-45(71)22-16-42)88(39(4)90)67(100)49(72)28-40-13-19-44(70)20-14-40/h5-6,9-10,13-24,33-34,36-38,49,51-58,78,89,91H,7-8,11-12,25-32,35,72H2,1-4H3,(H2,73,92)(H,76,79)(H,80,98)(H,81,93)(H,82,96)(H,83,97)(H,84,94)(H,85,99)(H,86,95)(H4,74,75,77)/t38-,49+,51+,52+,53+,54-,55-,56+,57+,58+/m1/s1. The molecule has 101 heavy (non-hydrogen) atoms. The summed E-state index contributed by atoms with van der Waals surface area (Å²) in [6.45, 7) is 5.15. The highest BCUT2D eigenvalue weighted by Gasteiger charge is 2.42. The van der Waals surface area contributed by atoms with E-state index in [1.807, 2.05) is 0 Å². The van der Waals surface area contributed by atoms with Crippen molar-refractivity contribution in [3.05, 3.63) is 154 Å². The highest BCUT2D eigenvalue weighted by atomic mass is 35.5. The van der Waals surface area contributed by atoms with Crippen LogP contribution in [0.3, 0.4) is 0 Å². The number of aliphatic imine (C=N–C) groups is 1. The van der Waals surface area contributed by atoms with E-state index in [4.69, 9.17) is 46.1 Å². The quantitative estimate of drug-likeness (QED) is 0.0146. The number of carbonyl (C=O) groups is 11. The summed E-state index contributed by atoms with van der Waals surface area (Å²) >= 11 is 12.3. The fraction of sp³-hybridized carbons (Fsp3) is 0.406. The number of phenolic OH excluding ortho intramolecular Hbond substituents is 1. The second-order valence-corrected chi connectivity index (χ2v) is 26.0. The van der Waals surface area contributed by atoms with Crippen LogP contribution in [0.5, 0.6) is 5.75 Å². The molecule has 32 heteroatoms. The summed E-state index contributed by atoms with van der Waals surface area (Å²) in [6.07, 6.45) is 3.91. The number of primary amides is 1. The third-order valence-corrected chi connectivity index (χ3v) is 17.4. The average Bonchev–Trinajstić information content (AvgIpc) is 1.67. The smallest absolute Gasteiger partial charge is 0.247 e. The number of nitrogens with two attached hydrogens (primary N) is 4. The number of hydrogen-bond acceptors (Lipinski definition) is 16. The van der Waals surface area contributed by atoms with Gasteiger partial charge in [0.05, 0.1) is 19.0 Å². The molecule has 0 radical (unpaired) electrons. The van der Waals surface area contributed by atoms with Crippen molar-refractivity contribution in [2.75, 3.05) is 19.7 Å². The second kappa shape index (κ2) is 37.1. The molecule has 4 aromatic carbocycles. The molecule has 6 aromatic rings. The normalized spacial score (nSPS) is 15.4.